The molecule has 382 valence electrons. The molecule has 23 atom stereocenters. The highest BCUT2D eigenvalue weighted by Gasteiger charge is 2.71. The summed E-state index contributed by atoms with van der Waals surface area (Å²) in [7, 11) is 1.37. The van der Waals surface area contributed by atoms with Crippen LogP contribution in [0.4, 0.5) is 0 Å². The Morgan fingerprint density at radius 3 is 1.91 bits per heavy atom. The fraction of sp³-hybridized carbons (Fsp3) is 0.917. The molecule has 10 N–H and O–H groups in total. The van der Waals surface area contributed by atoms with E-state index >= 15 is 0 Å². The first kappa shape index (κ1) is 51.4. The molecular formula is C48H76O19. The zero-order valence-electron chi connectivity index (χ0n) is 39.8. The van der Waals surface area contributed by atoms with Crippen molar-refractivity contribution in [1.82, 2.24) is 0 Å². The molecule has 3 heterocycles. The van der Waals surface area contributed by atoms with Gasteiger partial charge in [0.2, 0.25) is 6.29 Å². The number of carbonyl (C=O) groups is 2. The largest absolute Gasteiger partial charge is 0.469 e. The first-order chi connectivity index (χ1) is 31.4. The van der Waals surface area contributed by atoms with E-state index in [1.54, 1.807) is 0 Å². The highest BCUT2D eigenvalue weighted by atomic mass is 16.7. The zero-order valence-corrected chi connectivity index (χ0v) is 39.8. The fourth-order valence-electron chi connectivity index (χ4n) is 15.0. The highest BCUT2D eigenvalue weighted by Crippen LogP contribution is 2.76. The average molecular weight is 957 g/mol. The van der Waals surface area contributed by atoms with Crippen molar-refractivity contribution in [2.24, 2.45) is 50.2 Å². The van der Waals surface area contributed by atoms with Crippen LogP contribution < -0.4 is 0 Å². The summed E-state index contributed by atoms with van der Waals surface area (Å²) in [4.78, 5) is 28.3. The molecule has 7 fully saturated rings. The van der Waals surface area contributed by atoms with Crippen molar-refractivity contribution in [3.8, 4) is 0 Å². The van der Waals surface area contributed by atoms with Crippen molar-refractivity contribution >= 4 is 11.9 Å². The molecule has 8 aliphatic rings. The van der Waals surface area contributed by atoms with Gasteiger partial charge in [0.15, 0.2) is 12.6 Å². The first-order valence-corrected chi connectivity index (χ1v) is 24.3. The Bertz CT molecular complexity index is 1860. The Balaban J connectivity index is 1.03. The van der Waals surface area contributed by atoms with E-state index in [-0.39, 0.29) is 41.3 Å². The summed E-state index contributed by atoms with van der Waals surface area (Å²) in [5, 5.41) is 105. The molecule has 19 heteroatoms. The standard InChI is InChI=1S/C48H76O19/c1-43(2)27-10-13-47(6)28(45(27,4)12-11-29(43)65-38-36(58)37(24(51)21-62-38)66-39-34(56)32(54)30(52)25(19-49)63-39)9-8-22-23-18-44(3,41(59)61-7)14-16-48(23,17-15-46(22,47)5)42(60)67-40-35(57)33(55)31(53)26(20-50)64-40/h8,23-40,49-58H,9-21H2,1-7H3/t23-,24-,25+,26+,27-,28+,29-,30+,31+,32-,33-,34+,35+,36+,37-,38-,39-,40-,44-,45-,46+,47+,48-/m0/s1. The van der Waals surface area contributed by atoms with Crippen LogP contribution in [0.25, 0.3) is 0 Å². The molecule has 0 aromatic carbocycles. The molecule has 0 radical (unpaired) electrons. The van der Waals surface area contributed by atoms with Crippen LogP contribution in [0.5, 0.6) is 0 Å². The molecule has 19 nitrogen and oxygen atoms in total. The lowest BCUT2D eigenvalue weighted by Gasteiger charge is -2.71. The number of esters is 2. The maximum atomic E-state index is 14.8. The summed E-state index contributed by atoms with van der Waals surface area (Å²) in [5.74, 6) is -1.03. The van der Waals surface area contributed by atoms with Crippen molar-refractivity contribution in [1.29, 1.82) is 0 Å². The fourth-order valence-corrected chi connectivity index (χ4v) is 15.0. The molecular weight excluding hydrogens is 881 g/mol. The van der Waals surface area contributed by atoms with Crippen LogP contribution in [0.15, 0.2) is 11.6 Å². The molecule has 5 aliphatic carbocycles. The lowest BCUT2D eigenvalue weighted by Crippen LogP contribution is -2.66. The number of ether oxygens (including phenoxy) is 7. The Morgan fingerprint density at radius 1 is 0.672 bits per heavy atom. The predicted molar refractivity (Wildman–Crippen MR) is 231 cm³/mol. The van der Waals surface area contributed by atoms with Crippen LogP contribution in [0, 0.1) is 50.2 Å². The molecule has 0 aromatic rings. The summed E-state index contributed by atoms with van der Waals surface area (Å²) in [6.45, 7) is 11.7. The van der Waals surface area contributed by atoms with Gasteiger partial charge in [-0.05, 0) is 111 Å². The summed E-state index contributed by atoms with van der Waals surface area (Å²) in [6.07, 6.45) is -13.5. The number of fused-ring (bicyclic) bond motifs is 7. The van der Waals surface area contributed by atoms with E-state index in [2.05, 4.69) is 40.7 Å². The number of methoxy groups -OCH3 is 1. The van der Waals surface area contributed by atoms with Gasteiger partial charge in [0.25, 0.3) is 0 Å². The number of rotatable bonds is 9. The number of hydrogen-bond acceptors (Lipinski definition) is 19. The monoisotopic (exact) mass is 956 g/mol. The number of allylic oxidation sites excluding steroid dienone is 2. The minimum Gasteiger partial charge on any atom is -0.469 e. The number of aliphatic hydroxyl groups is 10. The normalized spacial score (nSPS) is 52.9. The van der Waals surface area contributed by atoms with E-state index in [1.165, 1.54) is 7.11 Å². The van der Waals surface area contributed by atoms with Gasteiger partial charge < -0.3 is 84.2 Å². The summed E-state index contributed by atoms with van der Waals surface area (Å²) in [5.41, 5.74) is -2.14. The van der Waals surface area contributed by atoms with Gasteiger partial charge in [-0.1, -0.05) is 46.3 Å². The van der Waals surface area contributed by atoms with E-state index in [0.717, 1.165) is 31.3 Å². The topological polar surface area (TPSA) is 301 Å². The van der Waals surface area contributed by atoms with Crippen molar-refractivity contribution in [3.63, 3.8) is 0 Å². The van der Waals surface area contributed by atoms with Crippen molar-refractivity contribution < 1.29 is 93.8 Å². The van der Waals surface area contributed by atoms with E-state index in [9.17, 15) is 60.7 Å². The molecule has 67 heavy (non-hydrogen) atoms. The SMILES string of the molecule is COC(=O)[C@@]1(C)CC[C@]2(C(=O)O[C@@H]3O[C@H](CO)[C@@H](O)[C@H](O)[C@H]3O)CC[C@]3(C)C(=CC[C@@H]4[C@@]5(C)CC[C@H](O[C@@H]6OC[C@H](O)[C@H](O[C@@H]7O[C@H](CO)[C@@H](O)[C@H](O)[C@H]7O)[C@H]6O)C(C)(C)[C@@H]5CC[C@]43C)[C@@H]2C1. The molecule has 3 saturated heterocycles. The van der Waals surface area contributed by atoms with E-state index in [4.69, 9.17) is 33.2 Å². The molecule has 3 aliphatic heterocycles. The van der Waals surface area contributed by atoms with Gasteiger partial charge in [0.1, 0.15) is 67.1 Å². The zero-order chi connectivity index (χ0) is 49.0. The van der Waals surface area contributed by atoms with Crippen LogP contribution in [-0.2, 0) is 42.7 Å². The number of carbonyl (C=O) groups excluding carboxylic acids is 2. The summed E-state index contributed by atoms with van der Waals surface area (Å²) in [6, 6.07) is 0. The van der Waals surface area contributed by atoms with Crippen molar-refractivity contribution in [2.75, 3.05) is 26.9 Å². The number of aliphatic hydroxyl groups excluding tert-OH is 10. The van der Waals surface area contributed by atoms with Gasteiger partial charge in [-0.15, -0.1) is 0 Å². The number of hydrogen-bond donors (Lipinski definition) is 10. The van der Waals surface area contributed by atoms with Crippen molar-refractivity contribution in [2.45, 2.75) is 198 Å². The Labute approximate surface area is 391 Å². The lowest BCUT2D eigenvalue weighted by atomic mass is 9.33. The van der Waals surface area contributed by atoms with Crippen LogP contribution in [-0.4, -0.2) is 182 Å². The first-order valence-electron chi connectivity index (χ1n) is 24.3. The third-order valence-corrected chi connectivity index (χ3v) is 19.4. The van der Waals surface area contributed by atoms with Crippen LogP contribution in [0.3, 0.4) is 0 Å². The molecule has 8 rings (SSSR count). The molecule has 0 amide bonds. The van der Waals surface area contributed by atoms with E-state index < -0.39 is 133 Å². The Kier molecular flexibility index (Phi) is 14.0. The van der Waals surface area contributed by atoms with Gasteiger partial charge in [0.05, 0.1) is 43.9 Å². The second kappa shape index (κ2) is 18.3. The average Bonchev–Trinajstić information content (AvgIpc) is 3.29. The molecule has 0 unspecified atom stereocenters. The molecule has 4 saturated carbocycles. The maximum absolute atomic E-state index is 14.8. The third-order valence-electron chi connectivity index (χ3n) is 19.4. The Hall–Kier alpha value is -1.92. The smallest absolute Gasteiger partial charge is 0.315 e. The Morgan fingerprint density at radius 2 is 1.28 bits per heavy atom. The quantitative estimate of drug-likeness (QED) is 0.0822. The van der Waals surface area contributed by atoms with Gasteiger partial charge in [-0.25, -0.2) is 0 Å². The van der Waals surface area contributed by atoms with Crippen LogP contribution >= 0.6 is 0 Å². The van der Waals surface area contributed by atoms with Crippen LogP contribution in [0.2, 0.25) is 0 Å². The van der Waals surface area contributed by atoms with E-state index in [0.29, 0.717) is 38.5 Å². The summed E-state index contributed by atoms with van der Waals surface area (Å²) >= 11 is 0. The van der Waals surface area contributed by atoms with Crippen LogP contribution in [0.1, 0.15) is 106 Å². The highest BCUT2D eigenvalue weighted by molar-refractivity contribution is 5.81. The van der Waals surface area contributed by atoms with Crippen molar-refractivity contribution in [3.05, 3.63) is 11.6 Å². The minimum absolute atomic E-state index is 0.163. The molecule has 0 spiro atoms. The van der Waals surface area contributed by atoms with E-state index in [1.807, 2.05) is 6.92 Å². The second-order valence-electron chi connectivity index (χ2n) is 22.9. The van der Waals surface area contributed by atoms with Gasteiger partial charge in [0, 0.05) is 0 Å². The lowest BCUT2D eigenvalue weighted by molar-refractivity contribution is -0.357. The van der Waals surface area contributed by atoms with Gasteiger partial charge >= 0.3 is 11.9 Å². The van der Waals surface area contributed by atoms with Gasteiger partial charge in [-0.3, -0.25) is 9.59 Å². The predicted octanol–water partition coefficient (Wildman–Crippen LogP) is -0.0673. The maximum Gasteiger partial charge on any atom is 0.315 e. The minimum atomic E-state index is -1.76. The molecule has 0 bridgehead atoms. The second-order valence-corrected chi connectivity index (χ2v) is 22.9. The molecule has 0 aromatic heterocycles. The third kappa shape index (κ3) is 7.97. The van der Waals surface area contributed by atoms with Gasteiger partial charge in [-0.2, -0.15) is 0 Å². The summed E-state index contributed by atoms with van der Waals surface area (Å²) < 4.78 is 40.8.